The van der Waals surface area contributed by atoms with E-state index in [4.69, 9.17) is 0 Å². The summed E-state index contributed by atoms with van der Waals surface area (Å²) in [5.41, 5.74) is -0.177. The van der Waals surface area contributed by atoms with E-state index in [-0.39, 0.29) is 11.9 Å². The smallest absolute Gasteiger partial charge is 0.319 e. The number of nitrogens with one attached hydrogen (secondary N) is 3. The minimum Gasteiger partial charge on any atom is -0.319 e. The highest BCUT2D eigenvalue weighted by Crippen LogP contribution is 2.27. The van der Waals surface area contributed by atoms with E-state index in [9.17, 15) is 9.59 Å². The summed E-state index contributed by atoms with van der Waals surface area (Å²) in [4.78, 5) is 33.7. The molecule has 7 nitrogen and oxygen atoms in total. The molecule has 2 saturated heterocycles. The van der Waals surface area contributed by atoms with E-state index >= 15 is 0 Å². The topological polar surface area (TPSA) is 71.2 Å². The highest BCUT2D eigenvalue weighted by Gasteiger charge is 2.50. The SMILES string of the molecule is C[C@@]1(c2ccccc2)NC(=O)N(C[NH+]2CCN(c3cccc[nH+]3)CC2)C1=O. The molecule has 1 atom stereocenters. The second-order valence-electron chi connectivity index (χ2n) is 7.30. The van der Waals surface area contributed by atoms with Crippen LogP contribution < -0.4 is 20.1 Å². The van der Waals surface area contributed by atoms with Crippen LogP contribution >= 0.6 is 0 Å². The van der Waals surface area contributed by atoms with Crippen molar-refractivity contribution in [3.05, 3.63) is 60.3 Å². The molecule has 140 valence electrons. The average molecular weight is 367 g/mol. The number of imide groups is 1. The van der Waals surface area contributed by atoms with E-state index in [1.54, 1.807) is 6.92 Å². The summed E-state index contributed by atoms with van der Waals surface area (Å²) in [7, 11) is 0. The van der Waals surface area contributed by atoms with Crippen LogP contribution in [0.5, 0.6) is 0 Å². The van der Waals surface area contributed by atoms with Gasteiger partial charge < -0.3 is 10.2 Å². The van der Waals surface area contributed by atoms with Gasteiger partial charge in [-0.25, -0.2) is 14.7 Å². The number of pyridine rings is 1. The van der Waals surface area contributed by atoms with Gasteiger partial charge in [0.2, 0.25) is 0 Å². The van der Waals surface area contributed by atoms with Gasteiger partial charge in [-0.05, 0) is 18.6 Å². The van der Waals surface area contributed by atoms with Crippen molar-refractivity contribution in [3.8, 4) is 0 Å². The van der Waals surface area contributed by atoms with Gasteiger partial charge >= 0.3 is 6.03 Å². The average Bonchev–Trinajstić information content (AvgIpc) is 2.94. The van der Waals surface area contributed by atoms with Crippen molar-refractivity contribution in [2.24, 2.45) is 0 Å². The molecule has 2 aromatic rings. The second kappa shape index (κ2) is 7.00. The molecule has 0 saturated carbocycles. The Morgan fingerprint density at radius 1 is 1.07 bits per heavy atom. The van der Waals surface area contributed by atoms with Crippen LogP contribution in [0.25, 0.3) is 0 Å². The lowest BCUT2D eigenvalue weighted by Crippen LogP contribution is -3.16. The number of aromatic amines is 1. The number of amides is 3. The van der Waals surface area contributed by atoms with Gasteiger partial charge in [-0.2, -0.15) is 0 Å². The summed E-state index contributed by atoms with van der Waals surface area (Å²) in [6.45, 7) is 5.70. The van der Waals surface area contributed by atoms with E-state index in [2.05, 4.69) is 21.3 Å². The lowest BCUT2D eigenvalue weighted by atomic mass is 9.92. The molecule has 7 heteroatoms. The fourth-order valence-corrected chi connectivity index (χ4v) is 3.83. The summed E-state index contributed by atoms with van der Waals surface area (Å²) < 4.78 is 0. The van der Waals surface area contributed by atoms with Crippen molar-refractivity contribution >= 4 is 17.8 Å². The number of hydrogen-bond acceptors (Lipinski definition) is 3. The number of quaternary nitrogens is 1. The molecule has 27 heavy (non-hydrogen) atoms. The van der Waals surface area contributed by atoms with E-state index < -0.39 is 5.54 Å². The molecule has 0 spiro atoms. The normalized spacial score (nSPS) is 23.6. The Kier molecular flexibility index (Phi) is 4.53. The summed E-state index contributed by atoms with van der Waals surface area (Å²) in [6, 6.07) is 15.2. The summed E-state index contributed by atoms with van der Waals surface area (Å²) in [5.74, 6) is 0.924. The molecule has 2 aliphatic heterocycles. The molecule has 0 unspecified atom stereocenters. The molecular formula is C20H25N5O2+2. The zero-order valence-electron chi connectivity index (χ0n) is 15.4. The number of carbonyl (C=O) groups excluding carboxylic acids is 2. The predicted octanol–water partition coefficient (Wildman–Crippen LogP) is -0.370. The molecule has 0 bridgehead atoms. The molecular weight excluding hydrogens is 342 g/mol. The minimum absolute atomic E-state index is 0.176. The highest BCUT2D eigenvalue weighted by molar-refractivity contribution is 6.07. The van der Waals surface area contributed by atoms with Crippen LogP contribution in [-0.2, 0) is 10.3 Å². The van der Waals surface area contributed by atoms with Crippen molar-refractivity contribution in [2.45, 2.75) is 12.5 Å². The van der Waals surface area contributed by atoms with Gasteiger partial charge in [0.25, 0.3) is 11.7 Å². The zero-order valence-corrected chi connectivity index (χ0v) is 15.4. The monoisotopic (exact) mass is 367 g/mol. The van der Waals surface area contributed by atoms with E-state index in [0.29, 0.717) is 6.67 Å². The van der Waals surface area contributed by atoms with Crippen LogP contribution in [0.4, 0.5) is 10.6 Å². The Labute approximate surface area is 158 Å². The maximum atomic E-state index is 13.0. The maximum Gasteiger partial charge on any atom is 0.329 e. The fraction of sp³-hybridized carbons (Fsp3) is 0.350. The highest BCUT2D eigenvalue weighted by atomic mass is 16.2. The standard InChI is InChI=1S/C20H23N5O2/c1-20(16-7-3-2-4-8-16)18(26)25(19(27)22-20)15-23-11-13-24(14-12-23)17-9-5-6-10-21-17/h2-10H,11-15H2,1H3,(H,22,27)/p+2/t20-/m0/s1. The van der Waals surface area contributed by atoms with Crippen molar-refractivity contribution in [3.63, 3.8) is 0 Å². The Morgan fingerprint density at radius 3 is 2.44 bits per heavy atom. The molecule has 4 rings (SSSR count). The van der Waals surface area contributed by atoms with Gasteiger partial charge in [0.1, 0.15) is 31.7 Å². The Bertz CT molecular complexity index is 821. The molecule has 1 aromatic heterocycles. The Balaban J connectivity index is 1.40. The molecule has 2 aliphatic rings. The lowest BCUT2D eigenvalue weighted by molar-refractivity contribution is -0.908. The van der Waals surface area contributed by atoms with Crippen molar-refractivity contribution in [1.29, 1.82) is 0 Å². The number of piperazine rings is 1. The van der Waals surface area contributed by atoms with E-state index in [1.807, 2.05) is 48.7 Å². The maximum absolute atomic E-state index is 13.0. The number of rotatable bonds is 4. The summed E-state index contributed by atoms with van der Waals surface area (Å²) >= 11 is 0. The number of aromatic nitrogens is 1. The number of anilines is 1. The third-order valence-electron chi connectivity index (χ3n) is 5.51. The Morgan fingerprint density at radius 2 is 1.78 bits per heavy atom. The number of urea groups is 1. The first kappa shape index (κ1) is 17.5. The summed E-state index contributed by atoms with van der Waals surface area (Å²) in [5, 5.41) is 2.88. The molecule has 1 aromatic carbocycles. The molecule has 0 radical (unpaired) electrons. The molecule has 2 fully saturated rings. The number of carbonyl (C=O) groups is 2. The first-order chi connectivity index (χ1) is 13.1. The summed E-state index contributed by atoms with van der Waals surface area (Å²) in [6.07, 6.45) is 1.92. The number of hydrogen-bond donors (Lipinski definition) is 2. The second-order valence-corrected chi connectivity index (χ2v) is 7.30. The van der Waals surface area contributed by atoms with Gasteiger partial charge in [-0.1, -0.05) is 36.4 Å². The van der Waals surface area contributed by atoms with Crippen LogP contribution in [0.15, 0.2) is 54.7 Å². The third kappa shape index (κ3) is 3.26. The van der Waals surface area contributed by atoms with Gasteiger partial charge in [0, 0.05) is 6.07 Å². The molecule has 0 aliphatic carbocycles. The van der Waals surface area contributed by atoms with Crippen LogP contribution in [0, 0.1) is 0 Å². The number of nitrogens with zero attached hydrogens (tertiary/aromatic N) is 2. The van der Waals surface area contributed by atoms with Gasteiger partial charge in [-0.15, -0.1) is 0 Å². The molecule has 3 amide bonds. The van der Waals surface area contributed by atoms with Gasteiger partial charge in [-0.3, -0.25) is 9.69 Å². The lowest BCUT2D eigenvalue weighted by Gasteiger charge is -2.30. The van der Waals surface area contributed by atoms with Crippen molar-refractivity contribution in [2.75, 3.05) is 37.7 Å². The van der Waals surface area contributed by atoms with Gasteiger partial charge in [0.15, 0.2) is 6.67 Å². The minimum atomic E-state index is -0.987. The fourth-order valence-electron chi connectivity index (χ4n) is 3.83. The van der Waals surface area contributed by atoms with E-state index in [0.717, 1.165) is 37.6 Å². The van der Waals surface area contributed by atoms with Crippen LogP contribution in [-0.4, -0.2) is 49.7 Å². The van der Waals surface area contributed by atoms with Crippen LogP contribution in [0.3, 0.4) is 0 Å². The van der Waals surface area contributed by atoms with Crippen molar-refractivity contribution < 1.29 is 19.5 Å². The predicted molar refractivity (Wildman–Crippen MR) is 99.9 cm³/mol. The zero-order chi connectivity index (χ0) is 18.9. The largest absolute Gasteiger partial charge is 0.329 e. The number of H-pyrrole nitrogens is 1. The van der Waals surface area contributed by atoms with E-state index in [1.165, 1.54) is 9.80 Å². The third-order valence-corrected chi connectivity index (χ3v) is 5.51. The number of benzene rings is 1. The van der Waals surface area contributed by atoms with Crippen LogP contribution in [0.1, 0.15) is 12.5 Å². The molecule has 3 heterocycles. The quantitative estimate of drug-likeness (QED) is 0.725. The molecule has 3 N–H and O–H groups in total. The first-order valence-corrected chi connectivity index (χ1v) is 9.33. The Hall–Kier alpha value is -2.93. The van der Waals surface area contributed by atoms with Gasteiger partial charge in [0.05, 0.1) is 6.20 Å². The first-order valence-electron chi connectivity index (χ1n) is 9.33. The van der Waals surface area contributed by atoms with Crippen LogP contribution in [0.2, 0.25) is 0 Å². The van der Waals surface area contributed by atoms with Crippen molar-refractivity contribution in [1.82, 2.24) is 10.2 Å².